The maximum Gasteiger partial charge on any atom is 0.317 e. The maximum atomic E-state index is 10.5. The van der Waals surface area contributed by atoms with Gasteiger partial charge < -0.3 is 5.11 Å². The van der Waals surface area contributed by atoms with Gasteiger partial charge in [-0.15, -0.1) is 0 Å². The van der Waals surface area contributed by atoms with Gasteiger partial charge in [0.05, 0.1) is 6.54 Å². The summed E-state index contributed by atoms with van der Waals surface area (Å²) < 4.78 is 0. The van der Waals surface area contributed by atoms with Crippen molar-refractivity contribution in [3.05, 3.63) is 30.1 Å². The monoisotopic (exact) mass is 208 g/mol. The van der Waals surface area contributed by atoms with Crippen molar-refractivity contribution < 1.29 is 9.90 Å². The van der Waals surface area contributed by atoms with E-state index in [1.54, 1.807) is 6.20 Å². The predicted octanol–water partition coefficient (Wildman–Crippen LogP) is 1.03. The standard InChI is InChI=1S/C11H16N2O2/c1-2-13(9-11(14)15)8-6-10-5-3-4-7-12-10/h3-5,7H,2,6,8-9H2,1H3,(H,14,15). The summed E-state index contributed by atoms with van der Waals surface area (Å²) in [6.07, 6.45) is 2.55. The lowest BCUT2D eigenvalue weighted by Gasteiger charge is -2.17. The molecule has 1 N–H and O–H groups in total. The molecule has 1 aromatic heterocycles. The Kier molecular flexibility index (Phi) is 4.77. The Morgan fingerprint density at radius 1 is 1.53 bits per heavy atom. The number of hydrogen-bond acceptors (Lipinski definition) is 3. The summed E-state index contributed by atoms with van der Waals surface area (Å²) in [5, 5.41) is 8.65. The Morgan fingerprint density at radius 2 is 2.33 bits per heavy atom. The molecule has 82 valence electrons. The molecule has 4 heteroatoms. The first-order valence-corrected chi connectivity index (χ1v) is 5.06. The fraction of sp³-hybridized carbons (Fsp3) is 0.455. The van der Waals surface area contributed by atoms with E-state index in [4.69, 9.17) is 5.11 Å². The van der Waals surface area contributed by atoms with E-state index < -0.39 is 5.97 Å². The number of carboxylic acids is 1. The van der Waals surface area contributed by atoms with Gasteiger partial charge in [0.25, 0.3) is 0 Å². The van der Waals surface area contributed by atoms with Crippen LogP contribution < -0.4 is 0 Å². The number of pyridine rings is 1. The number of aromatic nitrogens is 1. The lowest BCUT2D eigenvalue weighted by Crippen LogP contribution is -2.31. The Bertz CT molecular complexity index is 301. The first-order chi connectivity index (χ1) is 7.22. The van der Waals surface area contributed by atoms with E-state index in [0.29, 0.717) is 0 Å². The normalized spacial score (nSPS) is 10.5. The summed E-state index contributed by atoms with van der Waals surface area (Å²) in [4.78, 5) is 16.6. The molecule has 0 bridgehead atoms. The first-order valence-electron chi connectivity index (χ1n) is 5.06. The number of hydrogen-bond donors (Lipinski definition) is 1. The van der Waals surface area contributed by atoms with Gasteiger partial charge in [-0.3, -0.25) is 14.7 Å². The van der Waals surface area contributed by atoms with E-state index in [2.05, 4.69) is 4.98 Å². The van der Waals surface area contributed by atoms with Crippen molar-refractivity contribution in [3.8, 4) is 0 Å². The quantitative estimate of drug-likeness (QED) is 0.758. The predicted molar refractivity (Wildman–Crippen MR) is 57.7 cm³/mol. The second-order valence-corrected chi connectivity index (χ2v) is 3.33. The van der Waals surface area contributed by atoms with Crippen LogP contribution in [0.2, 0.25) is 0 Å². The fourth-order valence-electron chi connectivity index (χ4n) is 1.36. The molecule has 0 aliphatic rings. The van der Waals surface area contributed by atoms with E-state index in [9.17, 15) is 4.79 Å². The highest BCUT2D eigenvalue weighted by Gasteiger charge is 2.07. The van der Waals surface area contributed by atoms with E-state index in [1.165, 1.54) is 0 Å². The van der Waals surface area contributed by atoms with Crippen LogP contribution in [0.1, 0.15) is 12.6 Å². The van der Waals surface area contributed by atoms with Crippen LogP contribution in [-0.2, 0) is 11.2 Å². The van der Waals surface area contributed by atoms with Gasteiger partial charge >= 0.3 is 5.97 Å². The van der Waals surface area contributed by atoms with Gasteiger partial charge in [-0.25, -0.2) is 0 Å². The topological polar surface area (TPSA) is 53.4 Å². The van der Waals surface area contributed by atoms with Crippen molar-refractivity contribution in [3.63, 3.8) is 0 Å². The first kappa shape index (κ1) is 11.7. The molecular formula is C11H16N2O2. The van der Waals surface area contributed by atoms with Gasteiger partial charge in [-0.1, -0.05) is 13.0 Å². The molecule has 0 aliphatic heterocycles. The Morgan fingerprint density at radius 3 is 2.87 bits per heavy atom. The van der Waals surface area contributed by atoms with E-state index >= 15 is 0 Å². The Labute approximate surface area is 89.6 Å². The molecule has 1 rings (SSSR count). The molecule has 4 nitrogen and oxygen atoms in total. The molecular weight excluding hydrogens is 192 g/mol. The molecule has 0 saturated carbocycles. The molecule has 1 heterocycles. The van der Waals surface area contributed by atoms with Gasteiger partial charge in [0.2, 0.25) is 0 Å². The van der Waals surface area contributed by atoms with Crippen LogP contribution in [0, 0.1) is 0 Å². The van der Waals surface area contributed by atoms with Crippen LogP contribution in [0.3, 0.4) is 0 Å². The van der Waals surface area contributed by atoms with E-state index in [1.807, 2.05) is 30.0 Å². The molecule has 0 fully saturated rings. The lowest BCUT2D eigenvalue weighted by molar-refractivity contribution is -0.138. The number of aliphatic carboxylic acids is 1. The molecule has 0 spiro atoms. The van der Waals surface area contributed by atoms with Crippen LogP contribution in [0.25, 0.3) is 0 Å². The average molecular weight is 208 g/mol. The number of nitrogens with zero attached hydrogens (tertiary/aromatic N) is 2. The highest BCUT2D eigenvalue weighted by molar-refractivity contribution is 5.69. The molecule has 0 amide bonds. The molecule has 0 saturated heterocycles. The third-order valence-corrected chi connectivity index (χ3v) is 2.22. The summed E-state index contributed by atoms with van der Waals surface area (Å²) in [5.74, 6) is -0.780. The van der Waals surface area contributed by atoms with Crippen LogP contribution >= 0.6 is 0 Å². The molecule has 15 heavy (non-hydrogen) atoms. The highest BCUT2D eigenvalue weighted by atomic mass is 16.4. The number of carboxylic acid groups (broad SMARTS) is 1. The van der Waals surface area contributed by atoms with Crippen molar-refractivity contribution in [2.24, 2.45) is 0 Å². The molecule has 1 aromatic rings. The summed E-state index contributed by atoms with van der Waals surface area (Å²) in [5.41, 5.74) is 1.00. The zero-order chi connectivity index (χ0) is 11.1. The number of likely N-dealkylation sites (N-methyl/N-ethyl adjacent to an activating group) is 1. The zero-order valence-corrected chi connectivity index (χ0v) is 8.89. The summed E-state index contributed by atoms with van der Waals surface area (Å²) >= 11 is 0. The zero-order valence-electron chi connectivity index (χ0n) is 8.89. The average Bonchev–Trinajstić information content (AvgIpc) is 2.25. The third-order valence-electron chi connectivity index (χ3n) is 2.22. The van der Waals surface area contributed by atoms with Crippen molar-refractivity contribution in [1.82, 2.24) is 9.88 Å². The Hall–Kier alpha value is -1.42. The minimum Gasteiger partial charge on any atom is -0.480 e. The lowest BCUT2D eigenvalue weighted by atomic mass is 10.2. The maximum absolute atomic E-state index is 10.5. The summed E-state index contributed by atoms with van der Waals surface area (Å²) in [7, 11) is 0. The Balaban J connectivity index is 2.37. The van der Waals surface area contributed by atoms with Crippen LogP contribution in [-0.4, -0.2) is 40.6 Å². The third kappa shape index (κ3) is 4.56. The van der Waals surface area contributed by atoms with Crippen molar-refractivity contribution in [2.75, 3.05) is 19.6 Å². The number of carbonyl (C=O) groups is 1. The smallest absolute Gasteiger partial charge is 0.317 e. The van der Waals surface area contributed by atoms with E-state index in [-0.39, 0.29) is 6.54 Å². The number of rotatable bonds is 6. The minimum absolute atomic E-state index is 0.101. The molecule has 0 radical (unpaired) electrons. The minimum atomic E-state index is -0.780. The van der Waals surface area contributed by atoms with Gasteiger partial charge in [0.15, 0.2) is 0 Å². The van der Waals surface area contributed by atoms with Gasteiger partial charge in [-0.2, -0.15) is 0 Å². The molecule has 0 aliphatic carbocycles. The van der Waals surface area contributed by atoms with Crippen molar-refractivity contribution in [2.45, 2.75) is 13.3 Å². The van der Waals surface area contributed by atoms with Crippen molar-refractivity contribution >= 4 is 5.97 Å². The van der Waals surface area contributed by atoms with Crippen molar-refractivity contribution in [1.29, 1.82) is 0 Å². The fourth-order valence-corrected chi connectivity index (χ4v) is 1.36. The van der Waals surface area contributed by atoms with Crippen LogP contribution in [0.5, 0.6) is 0 Å². The largest absolute Gasteiger partial charge is 0.480 e. The van der Waals surface area contributed by atoms with E-state index in [0.717, 1.165) is 25.2 Å². The van der Waals surface area contributed by atoms with Crippen LogP contribution in [0.4, 0.5) is 0 Å². The van der Waals surface area contributed by atoms with Gasteiger partial charge in [0, 0.05) is 24.9 Å². The SMILES string of the molecule is CCN(CCc1ccccn1)CC(=O)O. The second-order valence-electron chi connectivity index (χ2n) is 3.33. The summed E-state index contributed by atoms with van der Waals surface area (Å²) in [6.45, 7) is 3.55. The molecule has 0 unspecified atom stereocenters. The second kappa shape index (κ2) is 6.14. The molecule has 0 aromatic carbocycles. The highest BCUT2D eigenvalue weighted by Crippen LogP contribution is 1.97. The molecule has 0 atom stereocenters. The van der Waals surface area contributed by atoms with Crippen LogP contribution in [0.15, 0.2) is 24.4 Å². The van der Waals surface area contributed by atoms with Gasteiger partial charge in [-0.05, 0) is 18.7 Å². The summed E-state index contributed by atoms with van der Waals surface area (Å²) in [6, 6.07) is 5.77. The van der Waals surface area contributed by atoms with Gasteiger partial charge in [0.1, 0.15) is 0 Å².